The molecule has 0 bridgehead atoms. The zero-order valence-corrected chi connectivity index (χ0v) is 10.8. The summed E-state index contributed by atoms with van der Waals surface area (Å²) in [6, 6.07) is -0.864. The van der Waals surface area contributed by atoms with Crippen molar-refractivity contribution in [3.8, 4) is 0 Å². The topological polar surface area (TPSA) is 105 Å². The number of amides is 1. The SMILES string of the molecule is C[C@@H](NC(=O)CCCc1nc(C2CC2)no1)C(=O)O. The Morgan fingerprint density at radius 2 is 2.26 bits per heavy atom. The number of hydrogen-bond donors (Lipinski definition) is 2. The molecular formula is C12H17N3O4. The van der Waals surface area contributed by atoms with Crippen molar-refractivity contribution in [1.82, 2.24) is 15.5 Å². The number of hydrogen-bond acceptors (Lipinski definition) is 5. The molecule has 1 aromatic rings. The molecule has 0 aromatic carbocycles. The number of nitrogens with one attached hydrogen (secondary N) is 1. The van der Waals surface area contributed by atoms with Crippen LogP contribution in [-0.2, 0) is 16.0 Å². The average molecular weight is 267 g/mol. The Labute approximate surface area is 110 Å². The van der Waals surface area contributed by atoms with Gasteiger partial charge in [0.05, 0.1) is 0 Å². The van der Waals surface area contributed by atoms with Gasteiger partial charge in [-0.3, -0.25) is 9.59 Å². The highest BCUT2D eigenvalue weighted by atomic mass is 16.5. The second kappa shape index (κ2) is 5.81. The first-order valence-corrected chi connectivity index (χ1v) is 6.41. The number of aryl methyl sites for hydroxylation is 1. The second-order valence-corrected chi connectivity index (χ2v) is 4.80. The van der Waals surface area contributed by atoms with Gasteiger partial charge in [-0.2, -0.15) is 4.98 Å². The third-order valence-electron chi connectivity index (χ3n) is 2.97. The van der Waals surface area contributed by atoms with E-state index in [0.717, 1.165) is 18.7 Å². The molecule has 1 aromatic heterocycles. The van der Waals surface area contributed by atoms with E-state index in [-0.39, 0.29) is 12.3 Å². The molecule has 1 atom stereocenters. The van der Waals surface area contributed by atoms with Crippen molar-refractivity contribution in [1.29, 1.82) is 0 Å². The molecule has 0 saturated heterocycles. The Kier molecular flexibility index (Phi) is 4.13. The first-order chi connectivity index (χ1) is 9.06. The second-order valence-electron chi connectivity index (χ2n) is 4.80. The fourth-order valence-corrected chi connectivity index (χ4v) is 1.65. The van der Waals surface area contributed by atoms with Crippen LogP contribution in [0.25, 0.3) is 0 Å². The van der Waals surface area contributed by atoms with Crippen LogP contribution < -0.4 is 5.32 Å². The zero-order valence-electron chi connectivity index (χ0n) is 10.8. The molecule has 1 amide bonds. The predicted octanol–water partition coefficient (Wildman–Crippen LogP) is 0.859. The van der Waals surface area contributed by atoms with Gasteiger partial charge in [-0.25, -0.2) is 0 Å². The van der Waals surface area contributed by atoms with Crippen LogP contribution in [0.3, 0.4) is 0 Å². The summed E-state index contributed by atoms with van der Waals surface area (Å²) in [4.78, 5) is 26.2. The van der Waals surface area contributed by atoms with Crippen LogP contribution in [0.1, 0.15) is 50.2 Å². The normalized spacial score (nSPS) is 16.1. The van der Waals surface area contributed by atoms with Crippen molar-refractivity contribution >= 4 is 11.9 Å². The van der Waals surface area contributed by atoms with Gasteiger partial charge in [-0.05, 0) is 26.2 Å². The lowest BCUT2D eigenvalue weighted by Gasteiger charge is -2.08. The van der Waals surface area contributed by atoms with E-state index < -0.39 is 12.0 Å². The minimum atomic E-state index is -1.04. The monoisotopic (exact) mass is 267 g/mol. The Morgan fingerprint density at radius 1 is 1.53 bits per heavy atom. The average Bonchev–Trinajstić information content (AvgIpc) is 3.10. The summed E-state index contributed by atoms with van der Waals surface area (Å²) in [6.45, 7) is 1.43. The minimum Gasteiger partial charge on any atom is -0.480 e. The fraction of sp³-hybridized carbons (Fsp3) is 0.667. The number of carbonyl (C=O) groups excluding carboxylic acids is 1. The van der Waals surface area contributed by atoms with Crippen LogP contribution in [-0.4, -0.2) is 33.2 Å². The van der Waals surface area contributed by atoms with Crippen LogP contribution in [0.2, 0.25) is 0 Å². The van der Waals surface area contributed by atoms with Crippen LogP contribution in [0.4, 0.5) is 0 Å². The molecule has 1 heterocycles. The number of carbonyl (C=O) groups is 2. The number of carboxylic acids is 1. The summed E-state index contributed by atoms with van der Waals surface area (Å²) in [6.07, 6.45) is 3.58. The first kappa shape index (κ1) is 13.5. The van der Waals surface area contributed by atoms with Gasteiger partial charge < -0.3 is 14.9 Å². The summed E-state index contributed by atoms with van der Waals surface area (Å²) in [5.74, 6) is 0.438. The molecule has 1 fully saturated rings. The Morgan fingerprint density at radius 3 is 2.89 bits per heavy atom. The maximum Gasteiger partial charge on any atom is 0.325 e. The van der Waals surface area contributed by atoms with E-state index in [1.807, 2.05) is 0 Å². The molecule has 19 heavy (non-hydrogen) atoms. The van der Waals surface area contributed by atoms with E-state index in [4.69, 9.17) is 9.63 Å². The number of nitrogens with zero attached hydrogens (tertiary/aromatic N) is 2. The Balaban J connectivity index is 1.67. The summed E-state index contributed by atoms with van der Waals surface area (Å²) < 4.78 is 5.08. The van der Waals surface area contributed by atoms with Gasteiger partial charge in [0.1, 0.15) is 6.04 Å². The van der Waals surface area contributed by atoms with Crippen molar-refractivity contribution in [3.05, 3.63) is 11.7 Å². The quantitative estimate of drug-likeness (QED) is 0.759. The molecule has 2 rings (SSSR count). The molecule has 7 nitrogen and oxygen atoms in total. The molecule has 104 valence electrons. The first-order valence-electron chi connectivity index (χ1n) is 6.41. The molecule has 0 aliphatic heterocycles. The summed E-state index contributed by atoms with van der Waals surface area (Å²) in [7, 11) is 0. The molecular weight excluding hydrogens is 250 g/mol. The molecule has 7 heteroatoms. The lowest BCUT2D eigenvalue weighted by molar-refractivity contribution is -0.141. The number of aliphatic carboxylic acids is 1. The van der Waals surface area contributed by atoms with E-state index >= 15 is 0 Å². The third-order valence-corrected chi connectivity index (χ3v) is 2.97. The van der Waals surface area contributed by atoms with Crippen molar-refractivity contribution in [2.45, 2.75) is 51.0 Å². The molecule has 1 aliphatic carbocycles. The van der Waals surface area contributed by atoms with E-state index in [9.17, 15) is 9.59 Å². The summed E-state index contributed by atoms with van der Waals surface area (Å²) in [5.41, 5.74) is 0. The molecule has 1 saturated carbocycles. The lowest BCUT2D eigenvalue weighted by atomic mass is 10.2. The van der Waals surface area contributed by atoms with Gasteiger partial charge in [-0.1, -0.05) is 5.16 Å². The van der Waals surface area contributed by atoms with Crippen LogP contribution in [0.5, 0.6) is 0 Å². The van der Waals surface area contributed by atoms with Gasteiger partial charge in [0.2, 0.25) is 11.8 Å². The van der Waals surface area contributed by atoms with E-state index in [1.54, 1.807) is 0 Å². The Hall–Kier alpha value is -1.92. The van der Waals surface area contributed by atoms with E-state index in [1.165, 1.54) is 6.92 Å². The molecule has 0 radical (unpaired) electrons. The van der Waals surface area contributed by atoms with Crippen molar-refractivity contribution < 1.29 is 19.2 Å². The Bertz CT molecular complexity index is 467. The van der Waals surface area contributed by atoms with Gasteiger partial charge in [-0.15, -0.1) is 0 Å². The zero-order chi connectivity index (χ0) is 13.8. The molecule has 1 aliphatic rings. The van der Waals surface area contributed by atoms with Crippen molar-refractivity contribution in [2.24, 2.45) is 0 Å². The number of rotatable bonds is 7. The smallest absolute Gasteiger partial charge is 0.325 e. The maximum absolute atomic E-state index is 11.4. The number of aromatic nitrogens is 2. The summed E-state index contributed by atoms with van der Waals surface area (Å²) in [5, 5.41) is 14.9. The van der Waals surface area contributed by atoms with Gasteiger partial charge in [0, 0.05) is 18.8 Å². The van der Waals surface area contributed by atoms with Gasteiger partial charge >= 0.3 is 5.97 Å². The van der Waals surface area contributed by atoms with Gasteiger partial charge in [0.25, 0.3) is 0 Å². The number of carboxylic acid groups (broad SMARTS) is 1. The van der Waals surface area contributed by atoms with Gasteiger partial charge in [0.15, 0.2) is 5.82 Å². The molecule has 2 N–H and O–H groups in total. The minimum absolute atomic E-state index is 0.249. The summed E-state index contributed by atoms with van der Waals surface area (Å²) >= 11 is 0. The highest BCUT2D eigenvalue weighted by molar-refractivity contribution is 5.83. The highest BCUT2D eigenvalue weighted by Gasteiger charge is 2.28. The lowest BCUT2D eigenvalue weighted by Crippen LogP contribution is -2.38. The third kappa shape index (κ3) is 4.04. The predicted molar refractivity (Wildman–Crippen MR) is 64.5 cm³/mol. The van der Waals surface area contributed by atoms with Crippen LogP contribution >= 0.6 is 0 Å². The van der Waals surface area contributed by atoms with Crippen LogP contribution in [0.15, 0.2) is 4.52 Å². The fourth-order valence-electron chi connectivity index (χ4n) is 1.65. The van der Waals surface area contributed by atoms with Crippen molar-refractivity contribution in [2.75, 3.05) is 0 Å². The highest BCUT2D eigenvalue weighted by Crippen LogP contribution is 2.38. The maximum atomic E-state index is 11.4. The molecule has 0 unspecified atom stereocenters. The largest absolute Gasteiger partial charge is 0.480 e. The van der Waals surface area contributed by atoms with Crippen molar-refractivity contribution in [3.63, 3.8) is 0 Å². The molecule has 0 spiro atoms. The standard InChI is InChI=1S/C12H17N3O4/c1-7(12(17)18)13-9(16)3-2-4-10-14-11(15-19-10)8-5-6-8/h7-8H,2-6H2,1H3,(H,13,16)(H,17,18)/t7-/m1/s1. The van der Waals surface area contributed by atoms with Crippen LogP contribution in [0, 0.1) is 0 Å². The van der Waals surface area contributed by atoms with E-state index in [0.29, 0.717) is 24.7 Å². The van der Waals surface area contributed by atoms with E-state index in [2.05, 4.69) is 15.5 Å².